The molecule has 1 amide bonds. The molecule has 2 aliphatic rings. The second kappa shape index (κ2) is 11.3. The number of carbonyl (C=O) groups excluding carboxylic acids is 1. The van der Waals surface area contributed by atoms with Gasteiger partial charge in [-0.3, -0.25) is 4.68 Å². The Bertz CT molecular complexity index is 1290. The van der Waals surface area contributed by atoms with Gasteiger partial charge in [-0.05, 0) is 51.0 Å². The lowest BCUT2D eigenvalue weighted by atomic mass is 10.0. The molecule has 1 unspecified atom stereocenters. The molecular weight excluding hydrogens is 496 g/mol. The highest BCUT2D eigenvalue weighted by atomic mass is 16.6. The van der Waals surface area contributed by atoms with Gasteiger partial charge in [0.1, 0.15) is 5.60 Å². The third-order valence-corrected chi connectivity index (χ3v) is 6.80. The zero-order valence-electron chi connectivity index (χ0n) is 23.0. The minimum atomic E-state index is -1.02. The summed E-state index contributed by atoms with van der Waals surface area (Å²) in [5.41, 5.74) is 2.37. The number of carbonyl (C=O) groups is 1. The Hall–Kier alpha value is -3.56. The molecule has 1 atom stereocenters. The van der Waals surface area contributed by atoms with E-state index in [-0.39, 0.29) is 6.54 Å². The number of fused-ring (bicyclic) bond motifs is 1. The molecule has 9 heteroatoms. The van der Waals surface area contributed by atoms with Crippen molar-refractivity contribution in [2.45, 2.75) is 57.9 Å². The lowest BCUT2D eigenvalue weighted by Gasteiger charge is -2.26. The summed E-state index contributed by atoms with van der Waals surface area (Å²) in [4.78, 5) is 14.0. The Morgan fingerprint density at radius 2 is 1.90 bits per heavy atom. The topological polar surface area (TPSA) is 98.1 Å². The van der Waals surface area contributed by atoms with Crippen LogP contribution in [0.2, 0.25) is 0 Å². The zero-order chi connectivity index (χ0) is 27.5. The summed E-state index contributed by atoms with van der Waals surface area (Å²) >= 11 is 0. The van der Waals surface area contributed by atoms with Gasteiger partial charge in [0, 0.05) is 43.4 Å². The van der Waals surface area contributed by atoms with E-state index in [9.17, 15) is 9.90 Å². The SMILES string of the molecule is CC(C)(C)OC(=O)N1CCC(O)(CNCc2cn(Cc3ccccc3)nc2-c2ccc3c(c2)OCCCO3)C1. The third kappa shape index (κ3) is 6.91. The van der Waals surface area contributed by atoms with Crippen LogP contribution in [0.5, 0.6) is 11.5 Å². The van der Waals surface area contributed by atoms with Crippen LogP contribution >= 0.6 is 0 Å². The first-order valence-corrected chi connectivity index (χ1v) is 13.6. The van der Waals surface area contributed by atoms with Gasteiger partial charge in [0.05, 0.1) is 37.6 Å². The molecule has 3 aromatic rings. The minimum Gasteiger partial charge on any atom is -0.490 e. The Kier molecular flexibility index (Phi) is 7.81. The fraction of sp³-hybridized carbons (Fsp3) is 0.467. The van der Waals surface area contributed by atoms with Crippen molar-refractivity contribution in [1.82, 2.24) is 20.0 Å². The summed E-state index contributed by atoms with van der Waals surface area (Å²) in [6.45, 7) is 8.97. The average Bonchev–Trinajstić information content (AvgIpc) is 3.39. The molecule has 1 fully saturated rings. The summed E-state index contributed by atoms with van der Waals surface area (Å²) in [5.74, 6) is 1.47. The van der Waals surface area contributed by atoms with Crippen LogP contribution in [0.3, 0.4) is 0 Å². The first-order valence-electron chi connectivity index (χ1n) is 13.6. The number of rotatable bonds is 7. The number of hydrogen-bond acceptors (Lipinski definition) is 7. The molecule has 0 spiro atoms. The van der Waals surface area contributed by atoms with Gasteiger partial charge in [-0.2, -0.15) is 5.10 Å². The molecule has 0 saturated carbocycles. The van der Waals surface area contributed by atoms with Gasteiger partial charge in [-0.25, -0.2) is 4.79 Å². The highest BCUT2D eigenvalue weighted by Gasteiger charge is 2.39. The monoisotopic (exact) mass is 534 g/mol. The first kappa shape index (κ1) is 27.0. The summed E-state index contributed by atoms with van der Waals surface area (Å²) in [6.07, 6.45) is 2.99. The van der Waals surface area contributed by atoms with Crippen molar-refractivity contribution in [3.05, 3.63) is 65.9 Å². The van der Waals surface area contributed by atoms with Gasteiger partial charge in [-0.15, -0.1) is 0 Å². The molecule has 2 N–H and O–H groups in total. The van der Waals surface area contributed by atoms with E-state index in [4.69, 9.17) is 19.3 Å². The van der Waals surface area contributed by atoms with Crippen molar-refractivity contribution in [2.75, 3.05) is 32.8 Å². The Balaban J connectivity index is 1.31. The van der Waals surface area contributed by atoms with Crippen molar-refractivity contribution in [1.29, 1.82) is 0 Å². The van der Waals surface area contributed by atoms with Crippen LogP contribution < -0.4 is 14.8 Å². The normalized spacial score (nSPS) is 19.1. The number of hydrogen-bond donors (Lipinski definition) is 2. The quantitative estimate of drug-likeness (QED) is 0.468. The van der Waals surface area contributed by atoms with Gasteiger partial charge in [0.15, 0.2) is 11.5 Å². The smallest absolute Gasteiger partial charge is 0.410 e. The predicted molar refractivity (Wildman–Crippen MR) is 148 cm³/mol. The van der Waals surface area contributed by atoms with Crippen LogP contribution in [0.15, 0.2) is 54.7 Å². The molecule has 1 saturated heterocycles. The third-order valence-electron chi connectivity index (χ3n) is 6.80. The van der Waals surface area contributed by atoms with Gasteiger partial charge in [-0.1, -0.05) is 30.3 Å². The van der Waals surface area contributed by atoms with Gasteiger partial charge in [0.25, 0.3) is 0 Å². The number of ether oxygens (including phenoxy) is 3. The largest absolute Gasteiger partial charge is 0.490 e. The van der Waals surface area contributed by atoms with Crippen LogP contribution in [-0.4, -0.2) is 69.9 Å². The summed E-state index contributed by atoms with van der Waals surface area (Å²) in [7, 11) is 0. The Labute approximate surface area is 229 Å². The Morgan fingerprint density at radius 3 is 2.67 bits per heavy atom. The van der Waals surface area contributed by atoms with Crippen LogP contribution in [0.1, 0.15) is 44.7 Å². The lowest BCUT2D eigenvalue weighted by molar-refractivity contribution is 0.0153. The maximum atomic E-state index is 12.5. The highest BCUT2D eigenvalue weighted by Crippen LogP contribution is 2.35. The van der Waals surface area contributed by atoms with Crippen molar-refractivity contribution >= 4 is 6.09 Å². The van der Waals surface area contributed by atoms with E-state index in [0.717, 1.165) is 40.3 Å². The van der Waals surface area contributed by atoms with Crippen LogP contribution in [0, 0.1) is 0 Å². The minimum absolute atomic E-state index is 0.233. The summed E-state index contributed by atoms with van der Waals surface area (Å²) in [6, 6.07) is 16.2. The lowest BCUT2D eigenvalue weighted by Crippen LogP contribution is -2.44. The van der Waals surface area contributed by atoms with Crippen molar-refractivity contribution in [3.8, 4) is 22.8 Å². The summed E-state index contributed by atoms with van der Waals surface area (Å²) < 4.78 is 19.2. The van der Waals surface area contributed by atoms with E-state index < -0.39 is 17.3 Å². The molecule has 3 heterocycles. The molecule has 0 aliphatic carbocycles. The summed E-state index contributed by atoms with van der Waals surface area (Å²) in [5, 5.41) is 19.5. The number of nitrogens with one attached hydrogen (secondary N) is 1. The predicted octanol–water partition coefficient (Wildman–Crippen LogP) is 4.22. The van der Waals surface area contributed by atoms with Crippen LogP contribution in [-0.2, 0) is 17.8 Å². The molecule has 2 aliphatic heterocycles. The van der Waals surface area contributed by atoms with Crippen molar-refractivity contribution in [3.63, 3.8) is 0 Å². The van der Waals surface area contributed by atoms with Gasteiger partial charge >= 0.3 is 6.09 Å². The van der Waals surface area contributed by atoms with Crippen molar-refractivity contribution < 1.29 is 24.1 Å². The second-order valence-corrected chi connectivity index (χ2v) is 11.4. The second-order valence-electron chi connectivity index (χ2n) is 11.4. The van der Waals surface area contributed by atoms with E-state index in [2.05, 4.69) is 17.4 Å². The number of nitrogens with zero attached hydrogens (tertiary/aromatic N) is 3. The molecule has 5 rings (SSSR count). The van der Waals surface area contributed by atoms with E-state index in [1.54, 1.807) is 4.90 Å². The molecular formula is C30H38N4O5. The molecule has 208 valence electrons. The maximum absolute atomic E-state index is 12.5. The number of amides is 1. The fourth-order valence-electron chi connectivity index (χ4n) is 4.91. The van der Waals surface area contributed by atoms with Gasteiger partial charge < -0.3 is 29.5 Å². The number of aliphatic hydroxyl groups is 1. The standard InChI is InChI=1S/C30H38N4O5/c1-29(2,3)39-28(35)33-13-12-30(36,21-33)20-31-17-24-19-34(18-22-8-5-4-6-9-22)32-27(24)23-10-11-25-26(16-23)38-15-7-14-37-25/h4-6,8-11,16,19,31,36H,7,12-15,17-18,20-21H2,1-3H3. The first-order chi connectivity index (χ1) is 18.7. The van der Waals surface area contributed by atoms with E-state index in [0.29, 0.717) is 45.8 Å². The van der Waals surface area contributed by atoms with Gasteiger partial charge in [0.2, 0.25) is 0 Å². The molecule has 2 aromatic carbocycles. The molecule has 1 aromatic heterocycles. The Morgan fingerprint density at radius 1 is 1.13 bits per heavy atom. The maximum Gasteiger partial charge on any atom is 0.410 e. The molecule has 39 heavy (non-hydrogen) atoms. The molecule has 0 radical (unpaired) electrons. The number of likely N-dealkylation sites (tertiary alicyclic amines) is 1. The number of β-amino-alcohol motifs (C(OH)–C–C–N with tert-alkyl or cyclic N) is 1. The average molecular weight is 535 g/mol. The van der Waals surface area contributed by atoms with E-state index >= 15 is 0 Å². The van der Waals surface area contributed by atoms with Crippen molar-refractivity contribution in [2.24, 2.45) is 0 Å². The number of aromatic nitrogens is 2. The number of benzene rings is 2. The van der Waals surface area contributed by atoms with Crippen LogP contribution in [0.25, 0.3) is 11.3 Å². The molecule has 0 bridgehead atoms. The van der Waals surface area contributed by atoms with Crippen LogP contribution in [0.4, 0.5) is 4.79 Å². The van der Waals surface area contributed by atoms with E-state index in [1.165, 1.54) is 0 Å². The molecule has 9 nitrogen and oxygen atoms in total. The zero-order valence-corrected chi connectivity index (χ0v) is 23.0. The van der Waals surface area contributed by atoms with E-state index in [1.807, 2.05) is 68.0 Å². The fourth-order valence-corrected chi connectivity index (χ4v) is 4.91. The highest BCUT2D eigenvalue weighted by molar-refractivity contribution is 5.69.